The van der Waals surface area contributed by atoms with E-state index in [9.17, 15) is 9.18 Å². The van der Waals surface area contributed by atoms with Gasteiger partial charge in [0.1, 0.15) is 17.5 Å². The molecule has 2 aromatic carbocycles. The summed E-state index contributed by atoms with van der Waals surface area (Å²) >= 11 is 0. The number of amides is 1. The molecule has 166 valence electrons. The van der Waals surface area contributed by atoms with Gasteiger partial charge in [-0.25, -0.2) is 14.4 Å². The highest BCUT2D eigenvalue weighted by Gasteiger charge is 2.26. The van der Waals surface area contributed by atoms with Crippen molar-refractivity contribution in [3.05, 3.63) is 87.6 Å². The second-order valence-corrected chi connectivity index (χ2v) is 8.52. The largest absolute Gasteiger partial charge is 0.353 e. The van der Waals surface area contributed by atoms with Gasteiger partial charge in [-0.05, 0) is 51.0 Å². The first kappa shape index (κ1) is 21.9. The third kappa shape index (κ3) is 4.49. The van der Waals surface area contributed by atoms with E-state index in [1.165, 1.54) is 22.8 Å². The topological polar surface area (TPSA) is 49.3 Å². The van der Waals surface area contributed by atoms with Crippen molar-refractivity contribution in [2.45, 2.75) is 34.1 Å². The molecule has 6 heteroatoms. The fourth-order valence-electron chi connectivity index (χ4n) is 4.29. The molecule has 0 N–H and O–H groups in total. The van der Waals surface area contributed by atoms with Gasteiger partial charge < -0.3 is 9.80 Å². The van der Waals surface area contributed by atoms with E-state index in [1.807, 2.05) is 13.8 Å². The molecule has 0 aliphatic carbocycles. The van der Waals surface area contributed by atoms with Crippen LogP contribution in [0.1, 0.15) is 44.1 Å². The Balaban J connectivity index is 1.56. The van der Waals surface area contributed by atoms with Crippen LogP contribution >= 0.6 is 0 Å². The first-order chi connectivity index (χ1) is 15.3. The van der Waals surface area contributed by atoms with Crippen LogP contribution in [0.5, 0.6) is 0 Å². The van der Waals surface area contributed by atoms with E-state index in [2.05, 4.69) is 41.9 Å². The molecule has 1 aromatic heterocycles. The van der Waals surface area contributed by atoms with Gasteiger partial charge in [0, 0.05) is 43.9 Å². The summed E-state index contributed by atoms with van der Waals surface area (Å²) in [7, 11) is 0. The zero-order valence-electron chi connectivity index (χ0n) is 19.2. The lowest BCUT2D eigenvalue weighted by atomic mass is 9.97. The maximum absolute atomic E-state index is 14.1. The van der Waals surface area contributed by atoms with Crippen LogP contribution < -0.4 is 4.90 Å². The molecule has 0 saturated carbocycles. The van der Waals surface area contributed by atoms with E-state index in [4.69, 9.17) is 4.98 Å². The highest BCUT2D eigenvalue weighted by Crippen LogP contribution is 2.27. The molecular weight excluding hydrogens is 403 g/mol. The third-order valence-corrected chi connectivity index (χ3v) is 6.15. The number of aromatic nitrogens is 2. The number of benzene rings is 2. The van der Waals surface area contributed by atoms with Gasteiger partial charge in [0.05, 0.1) is 5.56 Å². The maximum Gasteiger partial charge on any atom is 0.256 e. The van der Waals surface area contributed by atoms with E-state index >= 15 is 0 Å². The first-order valence-corrected chi connectivity index (χ1v) is 11.0. The predicted octanol–water partition coefficient (Wildman–Crippen LogP) is 4.40. The average molecular weight is 433 g/mol. The summed E-state index contributed by atoms with van der Waals surface area (Å²) in [6.45, 7) is 10.5. The Morgan fingerprint density at radius 3 is 2.41 bits per heavy atom. The number of anilines is 1. The third-order valence-electron chi connectivity index (χ3n) is 6.15. The molecule has 3 aromatic rings. The normalized spacial score (nSPS) is 14.0. The van der Waals surface area contributed by atoms with Crippen LogP contribution in [0.15, 0.2) is 42.5 Å². The Labute approximate surface area is 188 Å². The summed E-state index contributed by atoms with van der Waals surface area (Å²) in [5.74, 6) is 0.951. The fourth-order valence-corrected chi connectivity index (χ4v) is 4.29. The number of carbonyl (C=O) groups excluding carboxylic acids is 1. The van der Waals surface area contributed by atoms with Crippen molar-refractivity contribution in [2.75, 3.05) is 31.1 Å². The van der Waals surface area contributed by atoms with Crippen LogP contribution in [-0.4, -0.2) is 47.0 Å². The zero-order valence-corrected chi connectivity index (χ0v) is 19.2. The molecule has 0 unspecified atom stereocenters. The molecule has 2 heterocycles. The van der Waals surface area contributed by atoms with Gasteiger partial charge in [-0.1, -0.05) is 35.9 Å². The highest BCUT2D eigenvalue weighted by molar-refractivity contribution is 5.94. The molecule has 32 heavy (non-hydrogen) atoms. The lowest BCUT2D eigenvalue weighted by molar-refractivity contribution is 0.0741. The summed E-state index contributed by atoms with van der Waals surface area (Å²) in [4.78, 5) is 26.2. The Morgan fingerprint density at radius 1 is 0.969 bits per heavy atom. The molecule has 0 spiro atoms. The van der Waals surface area contributed by atoms with Crippen molar-refractivity contribution in [2.24, 2.45) is 0 Å². The zero-order chi connectivity index (χ0) is 22.8. The van der Waals surface area contributed by atoms with Crippen LogP contribution in [0.2, 0.25) is 0 Å². The van der Waals surface area contributed by atoms with E-state index < -0.39 is 5.82 Å². The van der Waals surface area contributed by atoms with Crippen molar-refractivity contribution < 1.29 is 9.18 Å². The number of nitrogens with zero attached hydrogens (tertiary/aromatic N) is 4. The van der Waals surface area contributed by atoms with Crippen LogP contribution in [0.4, 0.5) is 10.2 Å². The number of hydrogen-bond acceptors (Lipinski definition) is 4. The van der Waals surface area contributed by atoms with E-state index in [1.54, 1.807) is 23.1 Å². The van der Waals surface area contributed by atoms with E-state index in [0.29, 0.717) is 26.2 Å². The molecule has 1 aliphatic rings. The molecule has 1 fully saturated rings. The van der Waals surface area contributed by atoms with Gasteiger partial charge in [0.2, 0.25) is 0 Å². The molecule has 4 rings (SSSR count). The molecule has 1 aliphatic heterocycles. The smallest absolute Gasteiger partial charge is 0.256 e. The molecular formula is C26H29FN4O. The summed E-state index contributed by atoms with van der Waals surface area (Å²) in [6, 6.07) is 12.7. The summed E-state index contributed by atoms with van der Waals surface area (Å²) in [5, 5.41) is 0. The minimum atomic E-state index is -0.474. The number of piperazine rings is 1. The van der Waals surface area contributed by atoms with Gasteiger partial charge in [0.15, 0.2) is 0 Å². The van der Waals surface area contributed by atoms with Crippen LogP contribution in [-0.2, 0) is 6.42 Å². The Bertz CT molecular complexity index is 1150. The second-order valence-electron chi connectivity index (χ2n) is 8.52. The number of halogens is 1. The van der Waals surface area contributed by atoms with Gasteiger partial charge in [-0.2, -0.15) is 0 Å². The van der Waals surface area contributed by atoms with Crippen molar-refractivity contribution in [3.63, 3.8) is 0 Å². The minimum Gasteiger partial charge on any atom is -0.353 e. The average Bonchev–Trinajstić information content (AvgIpc) is 2.78. The van der Waals surface area contributed by atoms with Crippen LogP contribution in [0.25, 0.3) is 0 Å². The molecule has 1 saturated heterocycles. The highest BCUT2D eigenvalue weighted by atomic mass is 19.1. The van der Waals surface area contributed by atoms with Crippen molar-refractivity contribution in [1.82, 2.24) is 14.9 Å². The minimum absolute atomic E-state index is 0.130. The van der Waals surface area contributed by atoms with Crippen molar-refractivity contribution >= 4 is 11.7 Å². The Hall–Kier alpha value is -3.28. The number of carbonyl (C=O) groups is 1. The van der Waals surface area contributed by atoms with Crippen LogP contribution in [0, 0.1) is 33.5 Å². The van der Waals surface area contributed by atoms with Gasteiger partial charge >= 0.3 is 0 Å². The van der Waals surface area contributed by atoms with Crippen LogP contribution in [0.3, 0.4) is 0 Å². The number of aryl methyl sites for hydroxylation is 4. The molecule has 0 bridgehead atoms. The SMILES string of the molecule is Cc1ccc(C)c(Cc2c(C)nc(C)nc2N2CCN(C(=O)c3ccccc3F)CC2)c1. The molecule has 0 atom stereocenters. The number of hydrogen-bond donors (Lipinski definition) is 0. The Morgan fingerprint density at radius 2 is 1.69 bits per heavy atom. The standard InChI is InChI=1S/C26H29FN4O/c1-17-9-10-18(2)21(15-17)16-23-19(3)28-20(4)29-25(23)30-11-13-31(14-12-30)26(32)22-7-5-6-8-24(22)27/h5-10,15H,11-14,16H2,1-4H3. The monoisotopic (exact) mass is 432 g/mol. The molecule has 0 radical (unpaired) electrons. The van der Waals surface area contributed by atoms with Crippen molar-refractivity contribution in [3.8, 4) is 0 Å². The maximum atomic E-state index is 14.1. The molecule has 5 nitrogen and oxygen atoms in total. The second kappa shape index (κ2) is 9.07. The lowest BCUT2D eigenvalue weighted by Crippen LogP contribution is -2.49. The summed E-state index contributed by atoms with van der Waals surface area (Å²) in [6.07, 6.45) is 0.767. The molecule has 1 amide bonds. The quantitative estimate of drug-likeness (QED) is 0.613. The van der Waals surface area contributed by atoms with Gasteiger partial charge in [-0.3, -0.25) is 4.79 Å². The Kier molecular flexibility index (Phi) is 6.21. The fraction of sp³-hybridized carbons (Fsp3) is 0.346. The van der Waals surface area contributed by atoms with E-state index in [-0.39, 0.29) is 11.5 Å². The van der Waals surface area contributed by atoms with Gasteiger partial charge in [-0.15, -0.1) is 0 Å². The van der Waals surface area contributed by atoms with E-state index in [0.717, 1.165) is 29.3 Å². The first-order valence-electron chi connectivity index (χ1n) is 11.0. The summed E-state index contributed by atoms with van der Waals surface area (Å²) in [5.41, 5.74) is 6.00. The van der Waals surface area contributed by atoms with Crippen molar-refractivity contribution in [1.29, 1.82) is 0 Å². The number of rotatable bonds is 4. The summed E-state index contributed by atoms with van der Waals surface area (Å²) < 4.78 is 14.1. The lowest BCUT2D eigenvalue weighted by Gasteiger charge is -2.36. The predicted molar refractivity (Wildman–Crippen MR) is 125 cm³/mol. The van der Waals surface area contributed by atoms with Gasteiger partial charge in [0.25, 0.3) is 5.91 Å².